The molecule has 2 aromatic heterocycles. The topological polar surface area (TPSA) is 63.6 Å². The fourth-order valence-corrected chi connectivity index (χ4v) is 2.50. The number of benzene rings is 1. The number of hydrogen-bond donors (Lipinski definition) is 1. The first-order valence-electron chi connectivity index (χ1n) is 6.90. The smallest absolute Gasteiger partial charge is 0.363 e. The molecular weight excluding hydrogens is 387 g/mol. The number of aromatic nitrogens is 4. The molecule has 0 saturated heterocycles. The first kappa shape index (κ1) is 16.6. The molecule has 2 heterocycles. The van der Waals surface area contributed by atoms with Crippen molar-refractivity contribution in [2.75, 3.05) is 5.32 Å². The van der Waals surface area contributed by atoms with Crippen molar-refractivity contribution in [3.63, 3.8) is 0 Å². The molecule has 0 aliphatic heterocycles. The molecule has 1 atom stereocenters. The van der Waals surface area contributed by atoms with Gasteiger partial charge in [0.1, 0.15) is 12.1 Å². The van der Waals surface area contributed by atoms with E-state index in [1.165, 1.54) is 6.33 Å². The summed E-state index contributed by atoms with van der Waals surface area (Å²) in [5, 5.41) is 3.95. The van der Waals surface area contributed by atoms with E-state index >= 15 is 0 Å². The standard InChI is InChI=1S/C15H11BrF3N5/c1-8(9-5-20-14(21-6-9)15(17,18)19)24-13-11-4-10(16)2-3-12(11)22-7-23-13/h2-8H,1H3,(H,22,23,24)/t8-/m1/s1. The SMILES string of the molecule is C[C@@H](Nc1ncnc2ccc(Br)cc12)c1cnc(C(F)(F)F)nc1. The van der Waals surface area contributed by atoms with Crippen LogP contribution in [0.4, 0.5) is 19.0 Å². The molecule has 3 rings (SSSR count). The zero-order chi connectivity index (χ0) is 17.3. The van der Waals surface area contributed by atoms with E-state index in [0.29, 0.717) is 11.4 Å². The van der Waals surface area contributed by atoms with E-state index in [0.717, 1.165) is 27.8 Å². The van der Waals surface area contributed by atoms with Gasteiger partial charge in [-0.25, -0.2) is 19.9 Å². The van der Waals surface area contributed by atoms with Gasteiger partial charge in [0.15, 0.2) is 0 Å². The number of alkyl halides is 3. The van der Waals surface area contributed by atoms with Gasteiger partial charge < -0.3 is 5.32 Å². The minimum Gasteiger partial charge on any atom is -0.363 e. The Morgan fingerprint density at radius 1 is 1.08 bits per heavy atom. The lowest BCUT2D eigenvalue weighted by atomic mass is 10.1. The molecular formula is C15H11BrF3N5. The van der Waals surface area contributed by atoms with Gasteiger partial charge >= 0.3 is 6.18 Å². The van der Waals surface area contributed by atoms with E-state index in [1.54, 1.807) is 6.92 Å². The molecule has 5 nitrogen and oxygen atoms in total. The van der Waals surface area contributed by atoms with Crippen LogP contribution in [-0.2, 0) is 6.18 Å². The van der Waals surface area contributed by atoms with Crippen molar-refractivity contribution >= 4 is 32.7 Å². The molecule has 124 valence electrons. The Hall–Kier alpha value is -2.29. The van der Waals surface area contributed by atoms with Gasteiger partial charge in [-0.05, 0) is 25.1 Å². The van der Waals surface area contributed by atoms with Crippen LogP contribution in [0.5, 0.6) is 0 Å². The Bertz CT molecular complexity index is 867. The maximum Gasteiger partial charge on any atom is 0.451 e. The van der Waals surface area contributed by atoms with Gasteiger partial charge in [0.25, 0.3) is 0 Å². The van der Waals surface area contributed by atoms with Crippen molar-refractivity contribution in [3.8, 4) is 0 Å². The monoisotopic (exact) mass is 397 g/mol. The maximum atomic E-state index is 12.5. The number of nitrogens with zero attached hydrogens (tertiary/aromatic N) is 4. The molecule has 1 N–H and O–H groups in total. The van der Waals surface area contributed by atoms with Crippen LogP contribution in [0.15, 0.2) is 41.4 Å². The van der Waals surface area contributed by atoms with E-state index in [-0.39, 0.29) is 6.04 Å². The number of nitrogens with one attached hydrogen (secondary N) is 1. The summed E-state index contributed by atoms with van der Waals surface area (Å²) < 4.78 is 38.4. The fraction of sp³-hybridized carbons (Fsp3) is 0.200. The second kappa shape index (κ2) is 6.31. The highest BCUT2D eigenvalue weighted by Gasteiger charge is 2.34. The molecule has 0 unspecified atom stereocenters. The van der Waals surface area contributed by atoms with E-state index in [9.17, 15) is 13.2 Å². The van der Waals surface area contributed by atoms with Crippen LogP contribution in [0.1, 0.15) is 24.4 Å². The number of halogens is 4. The molecule has 0 amide bonds. The van der Waals surface area contributed by atoms with Gasteiger partial charge in [-0.3, -0.25) is 0 Å². The van der Waals surface area contributed by atoms with E-state index < -0.39 is 12.0 Å². The van der Waals surface area contributed by atoms with E-state index in [2.05, 4.69) is 41.2 Å². The Balaban J connectivity index is 1.87. The summed E-state index contributed by atoms with van der Waals surface area (Å²) in [6, 6.07) is 5.25. The van der Waals surface area contributed by atoms with Crippen LogP contribution in [0.25, 0.3) is 10.9 Å². The van der Waals surface area contributed by atoms with Crippen molar-refractivity contribution < 1.29 is 13.2 Å². The van der Waals surface area contributed by atoms with Crippen LogP contribution in [0, 0.1) is 0 Å². The predicted molar refractivity (Wildman–Crippen MR) is 86.3 cm³/mol. The highest BCUT2D eigenvalue weighted by atomic mass is 79.9. The highest BCUT2D eigenvalue weighted by Crippen LogP contribution is 2.28. The first-order chi connectivity index (χ1) is 11.3. The summed E-state index contributed by atoms with van der Waals surface area (Å²) in [5.41, 5.74) is 1.27. The molecule has 0 fully saturated rings. The fourth-order valence-electron chi connectivity index (χ4n) is 2.14. The second-order valence-corrected chi connectivity index (χ2v) is 6.00. The number of fused-ring (bicyclic) bond motifs is 1. The molecule has 3 aromatic rings. The van der Waals surface area contributed by atoms with Crippen molar-refractivity contribution in [3.05, 3.63) is 52.8 Å². The molecule has 0 bridgehead atoms. The van der Waals surface area contributed by atoms with Gasteiger partial charge in [0.05, 0.1) is 11.6 Å². The predicted octanol–water partition coefficient (Wildman–Crippen LogP) is 4.37. The molecule has 0 radical (unpaired) electrons. The van der Waals surface area contributed by atoms with Gasteiger partial charge in [-0.1, -0.05) is 15.9 Å². The van der Waals surface area contributed by atoms with Crippen molar-refractivity contribution in [2.45, 2.75) is 19.1 Å². The zero-order valence-corrected chi connectivity index (χ0v) is 13.9. The zero-order valence-electron chi connectivity index (χ0n) is 12.3. The average molecular weight is 398 g/mol. The summed E-state index contributed by atoms with van der Waals surface area (Å²) in [5.74, 6) is -0.580. The second-order valence-electron chi connectivity index (χ2n) is 5.09. The molecule has 0 spiro atoms. The lowest BCUT2D eigenvalue weighted by Gasteiger charge is -2.16. The summed E-state index contributed by atoms with van der Waals surface area (Å²) in [6.07, 6.45) is -0.807. The van der Waals surface area contributed by atoms with Gasteiger partial charge in [0.2, 0.25) is 5.82 Å². The van der Waals surface area contributed by atoms with Gasteiger partial charge in [-0.2, -0.15) is 13.2 Å². The minimum atomic E-state index is -4.55. The van der Waals surface area contributed by atoms with Crippen LogP contribution < -0.4 is 5.32 Å². The third kappa shape index (κ3) is 3.45. The van der Waals surface area contributed by atoms with Gasteiger partial charge in [-0.15, -0.1) is 0 Å². The summed E-state index contributed by atoms with van der Waals surface area (Å²) in [6.45, 7) is 1.79. The summed E-state index contributed by atoms with van der Waals surface area (Å²) in [4.78, 5) is 15.1. The van der Waals surface area contributed by atoms with Crippen LogP contribution in [0.2, 0.25) is 0 Å². The third-order valence-corrected chi connectivity index (χ3v) is 3.87. The minimum absolute atomic E-state index is 0.329. The highest BCUT2D eigenvalue weighted by molar-refractivity contribution is 9.10. The quantitative estimate of drug-likeness (QED) is 0.710. The molecule has 24 heavy (non-hydrogen) atoms. The van der Waals surface area contributed by atoms with Crippen LogP contribution in [0.3, 0.4) is 0 Å². The summed E-state index contributed by atoms with van der Waals surface area (Å²) in [7, 11) is 0. The number of rotatable bonds is 3. The van der Waals surface area contributed by atoms with Crippen LogP contribution in [-0.4, -0.2) is 19.9 Å². The number of hydrogen-bond acceptors (Lipinski definition) is 5. The van der Waals surface area contributed by atoms with Gasteiger partial charge in [0, 0.05) is 27.8 Å². The Labute approximate surface area is 143 Å². The van der Waals surface area contributed by atoms with Crippen molar-refractivity contribution in [1.82, 2.24) is 19.9 Å². The van der Waals surface area contributed by atoms with Crippen molar-refractivity contribution in [1.29, 1.82) is 0 Å². The Morgan fingerprint density at radius 3 is 2.46 bits per heavy atom. The molecule has 0 saturated carbocycles. The molecule has 0 aliphatic carbocycles. The van der Waals surface area contributed by atoms with E-state index in [4.69, 9.17) is 0 Å². The first-order valence-corrected chi connectivity index (χ1v) is 7.70. The molecule has 9 heteroatoms. The third-order valence-electron chi connectivity index (χ3n) is 3.38. The lowest BCUT2D eigenvalue weighted by molar-refractivity contribution is -0.145. The molecule has 1 aromatic carbocycles. The van der Waals surface area contributed by atoms with Crippen LogP contribution >= 0.6 is 15.9 Å². The largest absolute Gasteiger partial charge is 0.451 e. The number of anilines is 1. The maximum absolute atomic E-state index is 12.5. The Morgan fingerprint density at radius 2 is 1.79 bits per heavy atom. The Kier molecular flexibility index (Phi) is 4.35. The normalized spacial score (nSPS) is 13.0. The molecule has 0 aliphatic rings. The average Bonchev–Trinajstić information content (AvgIpc) is 2.54. The lowest BCUT2D eigenvalue weighted by Crippen LogP contribution is -2.14. The van der Waals surface area contributed by atoms with Crippen molar-refractivity contribution in [2.24, 2.45) is 0 Å². The summed E-state index contributed by atoms with van der Waals surface area (Å²) >= 11 is 3.39. The van der Waals surface area contributed by atoms with E-state index in [1.807, 2.05) is 18.2 Å².